The van der Waals surface area contributed by atoms with Gasteiger partial charge >= 0.3 is 0 Å². The van der Waals surface area contributed by atoms with E-state index in [1.54, 1.807) is 12.1 Å². The summed E-state index contributed by atoms with van der Waals surface area (Å²) in [6.45, 7) is 1.45. The first-order chi connectivity index (χ1) is 6.63. The lowest BCUT2D eigenvalue weighted by Crippen LogP contribution is -1.88. The smallest absolute Gasteiger partial charge is 0.176 e. The Morgan fingerprint density at radius 2 is 2.36 bits per heavy atom. The standard InChI is InChI=1S/C10H11NO3/c1-7(12)3-4-8-5-10(14-2)9(13)6-11-8/h3-6,13H,1-2H3/b4-3+. The summed E-state index contributed by atoms with van der Waals surface area (Å²) in [4.78, 5) is 14.5. The first-order valence-corrected chi connectivity index (χ1v) is 4.05. The van der Waals surface area contributed by atoms with Crippen molar-refractivity contribution in [3.63, 3.8) is 0 Å². The number of ether oxygens (including phenoxy) is 1. The van der Waals surface area contributed by atoms with Gasteiger partial charge in [-0.15, -0.1) is 0 Å². The minimum Gasteiger partial charge on any atom is -0.503 e. The van der Waals surface area contributed by atoms with E-state index in [1.165, 1.54) is 26.3 Å². The van der Waals surface area contributed by atoms with Gasteiger partial charge in [0.25, 0.3) is 0 Å². The Balaban J connectivity index is 2.95. The Kier molecular flexibility index (Phi) is 3.23. The number of methoxy groups -OCH3 is 1. The molecule has 0 amide bonds. The lowest BCUT2D eigenvalue weighted by molar-refractivity contribution is -0.112. The number of nitrogens with zero attached hydrogens (tertiary/aromatic N) is 1. The van der Waals surface area contributed by atoms with Crippen molar-refractivity contribution >= 4 is 11.9 Å². The quantitative estimate of drug-likeness (QED) is 0.737. The summed E-state index contributed by atoms with van der Waals surface area (Å²) < 4.78 is 4.88. The second kappa shape index (κ2) is 4.41. The SMILES string of the molecule is COc1cc(/C=C/C(C)=O)ncc1O. The molecule has 0 fully saturated rings. The number of rotatable bonds is 3. The number of carbonyl (C=O) groups excluding carboxylic acids is 1. The summed E-state index contributed by atoms with van der Waals surface area (Å²) in [7, 11) is 1.45. The molecular weight excluding hydrogens is 182 g/mol. The molecule has 1 aromatic heterocycles. The molecule has 1 heterocycles. The molecular formula is C10H11NO3. The molecule has 0 spiro atoms. The van der Waals surface area contributed by atoms with Crippen LogP contribution in [0, 0.1) is 0 Å². The molecule has 1 aromatic rings. The molecule has 1 N–H and O–H groups in total. The van der Waals surface area contributed by atoms with E-state index in [4.69, 9.17) is 4.74 Å². The lowest BCUT2D eigenvalue weighted by atomic mass is 10.3. The highest BCUT2D eigenvalue weighted by Crippen LogP contribution is 2.24. The van der Waals surface area contributed by atoms with Crippen LogP contribution in [0.1, 0.15) is 12.6 Å². The molecule has 4 nitrogen and oxygen atoms in total. The summed E-state index contributed by atoms with van der Waals surface area (Å²) in [5.74, 6) is 0.259. The van der Waals surface area contributed by atoms with Crippen molar-refractivity contribution < 1.29 is 14.6 Å². The third-order valence-corrected chi connectivity index (χ3v) is 1.58. The van der Waals surface area contributed by atoms with E-state index >= 15 is 0 Å². The molecule has 0 bridgehead atoms. The van der Waals surface area contributed by atoms with Gasteiger partial charge in [0.2, 0.25) is 0 Å². The predicted molar refractivity (Wildman–Crippen MR) is 52.2 cm³/mol. The van der Waals surface area contributed by atoms with Crippen LogP contribution in [-0.2, 0) is 4.79 Å². The molecule has 1 rings (SSSR count). The van der Waals surface area contributed by atoms with Crippen LogP contribution in [0.15, 0.2) is 18.3 Å². The van der Waals surface area contributed by atoms with Crippen LogP contribution in [0.5, 0.6) is 11.5 Å². The van der Waals surface area contributed by atoms with Gasteiger partial charge in [0.15, 0.2) is 17.3 Å². The highest BCUT2D eigenvalue weighted by molar-refractivity contribution is 5.91. The minimum atomic E-state index is -0.0566. The van der Waals surface area contributed by atoms with Gasteiger partial charge in [-0.25, -0.2) is 0 Å². The van der Waals surface area contributed by atoms with Crippen molar-refractivity contribution in [2.45, 2.75) is 6.92 Å². The van der Waals surface area contributed by atoms with Crippen molar-refractivity contribution in [1.29, 1.82) is 0 Å². The summed E-state index contributed by atoms with van der Waals surface area (Å²) in [6.07, 6.45) is 4.24. The summed E-state index contributed by atoms with van der Waals surface area (Å²) >= 11 is 0. The summed E-state index contributed by atoms with van der Waals surface area (Å²) in [5.41, 5.74) is 0.565. The number of aromatic nitrogens is 1. The fraction of sp³-hybridized carbons (Fsp3) is 0.200. The highest BCUT2D eigenvalue weighted by Gasteiger charge is 2.01. The number of aromatic hydroxyl groups is 1. The van der Waals surface area contributed by atoms with Crippen LogP contribution in [0.2, 0.25) is 0 Å². The van der Waals surface area contributed by atoms with Crippen LogP contribution < -0.4 is 4.74 Å². The highest BCUT2D eigenvalue weighted by atomic mass is 16.5. The number of hydrogen-bond donors (Lipinski definition) is 1. The zero-order chi connectivity index (χ0) is 10.6. The van der Waals surface area contributed by atoms with E-state index in [2.05, 4.69) is 4.98 Å². The number of ketones is 1. The van der Waals surface area contributed by atoms with Gasteiger partial charge in [0.05, 0.1) is 19.0 Å². The molecule has 4 heteroatoms. The molecule has 0 aromatic carbocycles. The maximum atomic E-state index is 10.6. The normalized spacial score (nSPS) is 10.4. The van der Waals surface area contributed by atoms with Gasteiger partial charge in [0.1, 0.15) is 0 Å². The van der Waals surface area contributed by atoms with Crippen molar-refractivity contribution in [2.24, 2.45) is 0 Å². The Hall–Kier alpha value is -1.84. The van der Waals surface area contributed by atoms with Crippen LogP contribution >= 0.6 is 0 Å². The van der Waals surface area contributed by atoms with Gasteiger partial charge in [-0.2, -0.15) is 0 Å². The van der Waals surface area contributed by atoms with E-state index in [0.29, 0.717) is 11.4 Å². The molecule has 74 valence electrons. The zero-order valence-corrected chi connectivity index (χ0v) is 8.02. The topological polar surface area (TPSA) is 59.4 Å². The van der Waals surface area contributed by atoms with E-state index in [-0.39, 0.29) is 11.5 Å². The van der Waals surface area contributed by atoms with E-state index < -0.39 is 0 Å². The maximum absolute atomic E-state index is 10.6. The number of hydrogen-bond acceptors (Lipinski definition) is 4. The maximum Gasteiger partial charge on any atom is 0.176 e. The summed E-state index contributed by atoms with van der Waals surface area (Å²) in [5, 5.41) is 9.23. The first-order valence-electron chi connectivity index (χ1n) is 4.05. The Morgan fingerprint density at radius 1 is 1.64 bits per heavy atom. The average Bonchev–Trinajstić information content (AvgIpc) is 2.16. The van der Waals surface area contributed by atoms with E-state index in [0.717, 1.165) is 0 Å². The van der Waals surface area contributed by atoms with Crippen molar-refractivity contribution in [3.05, 3.63) is 24.0 Å². The third-order valence-electron chi connectivity index (χ3n) is 1.58. The lowest BCUT2D eigenvalue weighted by Gasteiger charge is -2.02. The Bertz CT molecular complexity index is 372. The molecule has 0 saturated heterocycles. The predicted octanol–water partition coefficient (Wildman–Crippen LogP) is 1.40. The van der Waals surface area contributed by atoms with Crippen molar-refractivity contribution in [1.82, 2.24) is 4.98 Å². The van der Waals surface area contributed by atoms with E-state index in [9.17, 15) is 9.90 Å². The third kappa shape index (κ3) is 2.58. The summed E-state index contributed by atoms with van der Waals surface area (Å²) in [6, 6.07) is 1.55. The van der Waals surface area contributed by atoms with Gasteiger partial charge < -0.3 is 9.84 Å². The fourth-order valence-corrected chi connectivity index (χ4v) is 0.902. The van der Waals surface area contributed by atoms with Crippen LogP contribution in [0.25, 0.3) is 6.08 Å². The number of pyridine rings is 1. The molecule has 0 saturated carbocycles. The fourth-order valence-electron chi connectivity index (χ4n) is 0.902. The Labute approximate surface area is 81.9 Å². The monoisotopic (exact) mass is 193 g/mol. The second-order valence-corrected chi connectivity index (χ2v) is 2.73. The molecule has 0 aliphatic carbocycles. The first kappa shape index (κ1) is 10.2. The van der Waals surface area contributed by atoms with Gasteiger partial charge in [-0.3, -0.25) is 9.78 Å². The molecule has 0 aliphatic heterocycles. The molecule has 0 aliphatic rings. The van der Waals surface area contributed by atoms with Gasteiger partial charge in [-0.1, -0.05) is 0 Å². The van der Waals surface area contributed by atoms with Crippen LogP contribution in [-0.4, -0.2) is 23.0 Å². The van der Waals surface area contributed by atoms with Crippen LogP contribution in [0.4, 0.5) is 0 Å². The van der Waals surface area contributed by atoms with Crippen LogP contribution in [0.3, 0.4) is 0 Å². The van der Waals surface area contributed by atoms with Crippen molar-refractivity contribution in [3.8, 4) is 11.5 Å². The largest absolute Gasteiger partial charge is 0.503 e. The zero-order valence-electron chi connectivity index (χ0n) is 8.02. The second-order valence-electron chi connectivity index (χ2n) is 2.73. The van der Waals surface area contributed by atoms with Crippen molar-refractivity contribution in [2.75, 3.05) is 7.11 Å². The number of allylic oxidation sites excluding steroid dienone is 1. The molecule has 14 heavy (non-hydrogen) atoms. The van der Waals surface area contributed by atoms with Gasteiger partial charge in [0, 0.05) is 6.07 Å². The van der Waals surface area contributed by atoms with Gasteiger partial charge in [-0.05, 0) is 19.1 Å². The molecule has 0 radical (unpaired) electrons. The van der Waals surface area contributed by atoms with E-state index in [1.807, 2.05) is 0 Å². The molecule has 0 atom stereocenters. The minimum absolute atomic E-state index is 0.0209. The Morgan fingerprint density at radius 3 is 2.93 bits per heavy atom. The molecule has 0 unspecified atom stereocenters. The average molecular weight is 193 g/mol. The number of carbonyl (C=O) groups is 1.